The number of nitrogens with zero attached hydrogens (tertiary/aromatic N) is 2. The molecule has 5 nitrogen and oxygen atoms in total. The van der Waals surface area contributed by atoms with Crippen molar-refractivity contribution in [1.29, 1.82) is 0 Å². The van der Waals surface area contributed by atoms with E-state index in [-0.39, 0.29) is 6.09 Å². The third kappa shape index (κ3) is 6.25. The maximum atomic E-state index is 11.9. The number of carbonyl (C=O) groups excluding carboxylic acids is 1. The summed E-state index contributed by atoms with van der Waals surface area (Å²) in [6.45, 7) is 8.24. The van der Waals surface area contributed by atoms with Crippen molar-refractivity contribution >= 4 is 6.09 Å². The maximum absolute atomic E-state index is 11.9. The van der Waals surface area contributed by atoms with Gasteiger partial charge in [-0.15, -0.1) is 0 Å². The highest BCUT2D eigenvalue weighted by molar-refractivity contribution is 5.68. The number of hydrogen-bond acceptors (Lipinski definition) is 4. The summed E-state index contributed by atoms with van der Waals surface area (Å²) in [6, 6.07) is 0. The van der Waals surface area contributed by atoms with Gasteiger partial charge in [0.1, 0.15) is 5.60 Å². The van der Waals surface area contributed by atoms with Crippen molar-refractivity contribution in [3.05, 3.63) is 0 Å². The van der Waals surface area contributed by atoms with Crippen molar-refractivity contribution < 1.29 is 14.4 Å². The molecule has 1 fully saturated rings. The third-order valence-electron chi connectivity index (χ3n) is 3.43. The zero-order valence-corrected chi connectivity index (χ0v) is 12.9. The number of hydroxylamine groups is 2. The maximum Gasteiger partial charge on any atom is 0.410 e. The molecule has 0 bridgehead atoms. The summed E-state index contributed by atoms with van der Waals surface area (Å²) in [5, 5.41) is 1.85. The molecule has 0 aromatic carbocycles. The van der Waals surface area contributed by atoms with E-state index < -0.39 is 5.60 Å². The van der Waals surface area contributed by atoms with Gasteiger partial charge in [-0.25, -0.2) is 4.79 Å². The topological polar surface area (TPSA) is 42.0 Å². The lowest BCUT2D eigenvalue weighted by atomic mass is 9.94. The molecule has 1 rings (SSSR count). The van der Waals surface area contributed by atoms with E-state index >= 15 is 0 Å². The molecule has 0 unspecified atom stereocenters. The molecule has 0 aromatic rings. The summed E-state index contributed by atoms with van der Waals surface area (Å²) in [6.07, 6.45) is 3.04. The summed E-state index contributed by atoms with van der Waals surface area (Å²) in [7, 11) is 3.63. The zero-order valence-electron chi connectivity index (χ0n) is 12.9. The number of carbonyl (C=O) groups is 1. The van der Waals surface area contributed by atoms with Crippen molar-refractivity contribution in [3.8, 4) is 0 Å². The van der Waals surface area contributed by atoms with Crippen LogP contribution in [0.4, 0.5) is 4.79 Å². The Bertz CT molecular complexity index is 281. The van der Waals surface area contributed by atoms with Crippen LogP contribution in [0.2, 0.25) is 0 Å². The van der Waals surface area contributed by atoms with Crippen LogP contribution in [-0.4, -0.2) is 55.4 Å². The highest BCUT2D eigenvalue weighted by Gasteiger charge is 2.26. The molecular formula is C14H28N2O3. The lowest BCUT2D eigenvalue weighted by Crippen LogP contribution is -2.42. The second-order valence-corrected chi connectivity index (χ2v) is 6.23. The predicted octanol–water partition coefficient (Wildman–Crippen LogP) is 2.52. The molecular weight excluding hydrogens is 244 g/mol. The first kappa shape index (κ1) is 16.2. The smallest absolute Gasteiger partial charge is 0.410 e. The number of amides is 1. The second-order valence-electron chi connectivity index (χ2n) is 6.23. The fourth-order valence-electron chi connectivity index (χ4n) is 2.19. The van der Waals surface area contributed by atoms with Crippen molar-refractivity contribution in [2.45, 2.75) is 45.6 Å². The van der Waals surface area contributed by atoms with E-state index in [1.165, 1.54) is 0 Å². The van der Waals surface area contributed by atoms with Crippen LogP contribution in [0.25, 0.3) is 0 Å². The molecule has 0 radical (unpaired) electrons. The minimum Gasteiger partial charge on any atom is -0.444 e. The van der Waals surface area contributed by atoms with Gasteiger partial charge >= 0.3 is 6.09 Å². The van der Waals surface area contributed by atoms with Gasteiger partial charge in [-0.1, -0.05) is 0 Å². The zero-order chi connectivity index (χ0) is 14.5. The minimum atomic E-state index is -0.408. The van der Waals surface area contributed by atoms with Gasteiger partial charge in [0.15, 0.2) is 0 Å². The molecule has 0 spiro atoms. The highest BCUT2D eigenvalue weighted by Crippen LogP contribution is 2.22. The molecule has 1 aliphatic rings. The van der Waals surface area contributed by atoms with Crippen LogP contribution in [-0.2, 0) is 9.57 Å². The highest BCUT2D eigenvalue weighted by atomic mass is 16.7. The van der Waals surface area contributed by atoms with E-state index in [1.54, 1.807) is 7.11 Å². The fraction of sp³-hybridized carbons (Fsp3) is 0.929. The molecule has 0 atom stereocenters. The molecule has 1 heterocycles. The Balaban J connectivity index is 2.27. The molecule has 1 amide bonds. The number of rotatable bonds is 4. The average Bonchev–Trinajstić information content (AvgIpc) is 2.34. The van der Waals surface area contributed by atoms with E-state index in [1.807, 2.05) is 37.8 Å². The lowest BCUT2D eigenvalue weighted by molar-refractivity contribution is -0.112. The summed E-state index contributed by atoms with van der Waals surface area (Å²) in [4.78, 5) is 18.8. The van der Waals surface area contributed by atoms with E-state index in [2.05, 4.69) is 0 Å². The number of hydrogen-bond donors (Lipinski definition) is 0. The van der Waals surface area contributed by atoms with Gasteiger partial charge in [-0.05, 0) is 46.0 Å². The third-order valence-corrected chi connectivity index (χ3v) is 3.43. The Labute approximate surface area is 116 Å². The second kappa shape index (κ2) is 7.10. The summed E-state index contributed by atoms with van der Waals surface area (Å²) in [5.74, 6) is 0.677. The van der Waals surface area contributed by atoms with E-state index in [9.17, 15) is 4.79 Å². The minimum absolute atomic E-state index is 0.181. The van der Waals surface area contributed by atoms with Gasteiger partial charge in [0.25, 0.3) is 0 Å². The van der Waals surface area contributed by atoms with Gasteiger partial charge in [-0.2, -0.15) is 5.06 Å². The summed E-state index contributed by atoms with van der Waals surface area (Å²) >= 11 is 0. The molecule has 0 aromatic heterocycles. The lowest BCUT2D eigenvalue weighted by Gasteiger charge is -2.33. The van der Waals surface area contributed by atoms with Crippen LogP contribution < -0.4 is 0 Å². The SMILES string of the molecule is CON(C)CCC1CCN(C(=O)OC(C)(C)C)CC1. The van der Waals surface area contributed by atoms with Gasteiger partial charge in [-0.3, -0.25) is 0 Å². The molecule has 112 valence electrons. The predicted molar refractivity (Wildman–Crippen MR) is 74.8 cm³/mol. The van der Waals surface area contributed by atoms with E-state index in [0.29, 0.717) is 5.92 Å². The van der Waals surface area contributed by atoms with Crippen LogP contribution >= 0.6 is 0 Å². The largest absolute Gasteiger partial charge is 0.444 e. The van der Waals surface area contributed by atoms with Crippen LogP contribution in [0.15, 0.2) is 0 Å². The van der Waals surface area contributed by atoms with Crippen molar-refractivity contribution in [1.82, 2.24) is 9.96 Å². The monoisotopic (exact) mass is 272 g/mol. The van der Waals surface area contributed by atoms with Crippen LogP contribution in [0.5, 0.6) is 0 Å². The van der Waals surface area contributed by atoms with Crippen LogP contribution in [0.1, 0.15) is 40.0 Å². The molecule has 0 N–H and O–H groups in total. The Kier molecular flexibility index (Phi) is 6.07. The van der Waals surface area contributed by atoms with Crippen molar-refractivity contribution in [2.75, 3.05) is 33.8 Å². The molecule has 1 aliphatic heterocycles. The number of piperidine rings is 1. The van der Waals surface area contributed by atoms with Gasteiger partial charge in [0.2, 0.25) is 0 Å². The fourth-order valence-corrected chi connectivity index (χ4v) is 2.19. The van der Waals surface area contributed by atoms with Gasteiger partial charge in [0, 0.05) is 26.7 Å². The quantitative estimate of drug-likeness (QED) is 0.737. The first-order valence-corrected chi connectivity index (χ1v) is 7.05. The number of likely N-dealkylation sites (tertiary alicyclic amines) is 1. The van der Waals surface area contributed by atoms with Gasteiger partial charge < -0.3 is 14.5 Å². The van der Waals surface area contributed by atoms with Crippen molar-refractivity contribution in [3.63, 3.8) is 0 Å². The standard InChI is InChI=1S/C14H28N2O3/c1-14(2,3)19-13(17)16-10-7-12(8-11-16)6-9-15(4)18-5/h12H,6-11H2,1-5H3. The molecule has 19 heavy (non-hydrogen) atoms. The first-order chi connectivity index (χ1) is 8.81. The number of ether oxygens (including phenoxy) is 1. The first-order valence-electron chi connectivity index (χ1n) is 7.05. The molecule has 0 saturated carbocycles. The molecule has 1 saturated heterocycles. The Morgan fingerprint density at radius 2 is 1.89 bits per heavy atom. The van der Waals surface area contributed by atoms with Crippen LogP contribution in [0.3, 0.4) is 0 Å². The summed E-state index contributed by atoms with van der Waals surface area (Å²) in [5.41, 5.74) is -0.408. The van der Waals surface area contributed by atoms with E-state index in [4.69, 9.17) is 9.57 Å². The Morgan fingerprint density at radius 3 is 2.37 bits per heavy atom. The van der Waals surface area contributed by atoms with E-state index in [0.717, 1.165) is 38.9 Å². The average molecular weight is 272 g/mol. The molecule has 5 heteroatoms. The Hall–Kier alpha value is -0.810. The van der Waals surface area contributed by atoms with Gasteiger partial charge in [0.05, 0.1) is 7.11 Å². The summed E-state index contributed by atoms with van der Waals surface area (Å²) < 4.78 is 5.39. The molecule has 0 aliphatic carbocycles. The Morgan fingerprint density at radius 1 is 1.32 bits per heavy atom. The van der Waals surface area contributed by atoms with Crippen molar-refractivity contribution in [2.24, 2.45) is 5.92 Å². The normalized spacial score (nSPS) is 17.9. The van der Waals surface area contributed by atoms with Crippen LogP contribution in [0, 0.1) is 5.92 Å².